The van der Waals surface area contributed by atoms with Crippen LogP contribution in [0.2, 0.25) is 0 Å². The zero-order valence-corrected chi connectivity index (χ0v) is 8.49. The normalized spacial score (nSPS) is 18.1. The van der Waals surface area contributed by atoms with E-state index in [1.165, 1.54) is 6.07 Å². The van der Waals surface area contributed by atoms with Crippen LogP contribution in [-0.4, -0.2) is 24.3 Å². The Labute approximate surface area is 88.3 Å². The fourth-order valence-electron chi connectivity index (χ4n) is 1.84. The van der Waals surface area contributed by atoms with Gasteiger partial charge in [0, 0.05) is 18.8 Å². The first-order chi connectivity index (χ1) is 7.16. The van der Waals surface area contributed by atoms with E-state index in [2.05, 4.69) is 4.90 Å². The minimum Gasteiger partial charge on any atom is -0.396 e. The number of benzene rings is 1. The predicted molar refractivity (Wildman–Crippen MR) is 58.3 cm³/mol. The molecule has 1 aliphatic rings. The number of aliphatic hydroxyl groups excluding tert-OH is 1. The molecule has 0 spiro atoms. The molecule has 3 nitrogen and oxygen atoms in total. The predicted octanol–water partition coefficient (Wildman–Crippen LogP) is 1.37. The largest absolute Gasteiger partial charge is 0.396 e. The molecule has 1 saturated heterocycles. The molecule has 82 valence electrons. The summed E-state index contributed by atoms with van der Waals surface area (Å²) in [6.45, 7) is 1.54. The molecule has 1 aliphatic heterocycles. The van der Waals surface area contributed by atoms with Gasteiger partial charge < -0.3 is 15.7 Å². The van der Waals surface area contributed by atoms with E-state index in [0.29, 0.717) is 0 Å². The number of anilines is 2. The lowest BCUT2D eigenvalue weighted by Crippen LogP contribution is -2.35. The van der Waals surface area contributed by atoms with Crippen molar-refractivity contribution in [3.63, 3.8) is 0 Å². The molecule has 0 bridgehead atoms. The molecule has 3 N–H and O–H groups in total. The Bertz CT molecular complexity index is 348. The Hall–Kier alpha value is -1.29. The molecular weight excluding hydrogens is 195 g/mol. The van der Waals surface area contributed by atoms with E-state index in [1.54, 1.807) is 6.07 Å². The van der Waals surface area contributed by atoms with Crippen molar-refractivity contribution < 1.29 is 9.50 Å². The van der Waals surface area contributed by atoms with Crippen LogP contribution < -0.4 is 10.6 Å². The quantitative estimate of drug-likeness (QED) is 0.688. The van der Waals surface area contributed by atoms with Crippen LogP contribution in [0, 0.1) is 5.82 Å². The number of nitrogens with zero attached hydrogens (tertiary/aromatic N) is 1. The molecule has 1 aromatic carbocycles. The molecule has 0 atom stereocenters. The van der Waals surface area contributed by atoms with Crippen molar-refractivity contribution in [1.29, 1.82) is 0 Å². The molecule has 0 saturated carbocycles. The molecule has 0 aromatic heterocycles. The van der Waals surface area contributed by atoms with Crippen molar-refractivity contribution in [2.45, 2.75) is 18.9 Å². The second kappa shape index (κ2) is 4.06. The Morgan fingerprint density at radius 2 is 2.00 bits per heavy atom. The molecule has 1 fully saturated rings. The highest BCUT2D eigenvalue weighted by Gasteiger charge is 2.17. The first-order valence-corrected chi connectivity index (χ1v) is 5.15. The van der Waals surface area contributed by atoms with Crippen LogP contribution in [0.15, 0.2) is 18.2 Å². The third kappa shape index (κ3) is 2.21. The first kappa shape index (κ1) is 10.2. The van der Waals surface area contributed by atoms with Crippen LogP contribution in [0.4, 0.5) is 15.8 Å². The highest BCUT2D eigenvalue weighted by Crippen LogP contribution is 2.23. The summed E-state index contributed by atoms with van der Waals surface area (Å²) in [5.41, 5.74) is 6.42. The Balaban J connectivity index is 2.12. The Morgan fingerprint density at radius 1 is 1.33 bits per heavy atom. The van der Waals surface area contributed by atoms with Gasteiger partial charge in [-0.15, -0.1) is 0 Å². The Kier molecular flexibility index (Phi) is 2.77. The van der Waals surface area contributed by atoms with Gasteiger partial charge in [-0.1, -0.05) is 0 Å². The standard InChI is InChI=1S/C11H15FN2O/c12-10-7-8(1-2-11(10)13)14-5-3-9(15)4-6-14/h1-2,7,9,15H,3-6,13H2. The number of rotatable bonds is 1. The number of nitrogens with two attached hydrogens (primary N) is 1. The number of piperidine rings is 1. The number of nitrogen functional groups attached to an aromatic ring is 1. The Morgan fingerprint density at radius 3 is 2.60 bits per heavy atom. The molecule has 0 aliphatic carbocycles. The van der Waals surface area contributed by atoms with Gasteiger partial charge in [0.1, 0.15) is 5.82 Å². The SMILES string of the molecule is Nc1ccc(N2CCC(O)CC2)cc1F. The average molecular weight is 210 g/mol. The van der Waals surface area contributed by atoms with E-state index < -0.39 is 0 Å². The van der Waals surface area contributed by atoms with Crippen LogP contribution in [0.25, 0.3) is 0 Å². The maximum atomic E-state index is 13.2. The summed E-state index contributed by atoms with van der Waals surface area (Å²) in [4.78, 5) is 2.06. The highest BCUT2D eigenvalue weighted by atomic mass is 19.1. The molecule has 0 amide bonds. The van der Waals surface area contributed by atoms with Crippen molar-refractivity contribution in [1.82, 2.24) is 0 Å². The van der Waals surface area contributed by atoms with Crippen molar-refractivity contribution in [3.8, 4) is 0 Å². The van der Waals surface area contributed by atoms with Crippen molar-refractivity contribution in [3.05, 3.63) is 24.0 Å². The minimum atomic E-state index is -0.376. The highest BCUT2D eigenvalue weighted by molar-refractivity contribution is 5.54. The van der Waals surface area contributed by atoms with Crippen molar-refractivity contribution in [2.75, 3.05) is 23.7 Å². The molecule has 1 aromatic rings. The maximum Gasteiger partial charge on any atom is 0.148 e. The number of halogens is 1. The summed E-state index contributed by atoms with van der Waals surface area (Å²) in [6.07, 6.45) is 1.28. The topological polar surface area (TPSA) is 49.5 Å². The number of hydrogen-bond acceptors (Lipinski definition) is 3. The van der Waals surface area contributed by atoms with Gasteiger partial charge >= 0.3 is 0 Å². The van der Waals surface area contributed by atoms with Crippen LogP contribution in [0.1, 0.15) is 12.8 Å². The lowest BCUT2D eigenvalue weighted by molar-refractivity contribution is 0.145. The van der Waals surface area contributed by atoms with Gasteiger partial charge in [0.05, 0.1) is 11.8 Å². The molecule has 4 heteroatoms. The second-order valence-electron chi connectivity index (χ2n) is 3.92. The summed E-state index contributed by atoms with van der Waals surface area (Å²) in [6, 6.07) is 4.85. The van der Waals surface area contributed by atoms with Crippen LogP contribution in [-0.2, 0) is 0 Å². The fraction of sp³-hybridized carbons (Fsp3) is 0.455. The molecular formula is C11H15FN2O. The third-order valence-corrected chi connectivity index (χ3v) is 2.81. The van der Waals surface area contributed by atoms with Gasteiger partial charge in [0.2, 0.25) is 0 Å². The fourth-order valence-corrected chi connectivity index (χ4v) is 1.84. The van der Waals surface area contributed by atoms with Crippen LogP contribution in [0.3, 0.4) is 0 Å². The minimum absolute atomic E-state index is 0.177. The third-order valence-electron chi connectivity index (χ3n) is 2.81. The van der Waals surface area contributed by atoms with E-state index in [9.17, 15) is 9.50 Å². The van der Waals surface area contributed by atoms with Gasteiger partial charge in [-0.05, 0) is 31.0 Å². The van der Waals surface area contributed by atoms with E-state index in [-0.39, 0.29) is 17.6 Å². The zero-order valence-electron chi connectivity index (χ0n) is 8.49. The molecule has 1 heterocycles. The lowest BCUT2D eigenvalue weighted by Gasteiger charge is -2.31. The van der Waals surface area contributed by atoms with Crippen LogP contribution >= 0.6 is 0 Å². The van der Waals surface area contributed by atoms with Gasteiger partial charge in [-0.3, -0.25) is 0 Å². The maximum absolute atomic E-state index is 13.2. The molecule has 0 unspecified atom stereocenters. The van der Waals surface area contributed by atoms with Gasteiger partial charge in [-0.25, -0.2) is 4.39 Å². The lowest BCUT2D eigenvalue weighted by atomic mass is 10.1. The van der Waals surface area contributed by atoms with E-state index in [1.807, 2.05) is 6.07 Å². The van der Waals surface area contributed by atoms with Gasteiger partial charge in [0.15, 0.2) is 0 Å². The number of hydrogen-bond donors (Lipinski definition) is 2. The van der Waals surface area contributed by atoms with Crippen molar-refractivity contribution in [2.24, 2.45) is 0 Å². The monoisotopic (exact) mass is 210 g/mol. The van der Waals surface area contributed by atoms with Crippen LogP contribution in [0.5, 0.6) is 0 Å². The summed E-state index contributed by atoms with van der Waals surface area (Å²) in [5, 5.41) is 9.35. The zero-order chi connectivity index (χ0) is 10.8. The second-order valence-corrected chi connectivity index (χ2v) is 3.92. The van der Waals surface area contributed by atoms with E-state index in [0.717, 1.165) is 31.6 Å². The summed E-state index contributed by atoms with van der Waals surface area (Å²) in [7, 11) is 0. The summed E-state index contributed by atoms with van der Waals surface area (Å²) >= 11 is 0. The molecule has 2 rings (SSSR count). The van der Waals surface area contributed by atoms with Gasteiger partial charge in [-0.2, -0.15) is 0 Å². The molecule has 15 heavy (non-hydrogen) atoms. The first-order valence-electron chi connectivity index (χ1n) is 5.15. The van der Waals surface area contributed by atoms with Crippen molar-refractivity contribution >= 4 is 11.4 Å². The average Bonchev–Trinajstić information content (AvgIpc) is 2.23. The molecule has 0 radical (unpaired) electrons. The number of aliphatic hydroxyl groups is 1. The summed E-state index contributed by atoms with van der Waals surface area (Å²) < 4.78 is 13.2. The van der Waals surface area contributed by atoms with E-state index in [4.69, 9.17) is 5.73 Å². The van der Waals surface area contributed by atoms with E-state index >= 15 is 0 Å². The van der Waals surface area contributed by atoms with Gasteiger partial charge in [0.25, 0.3) is 0 Å². The smallest absolute Gasteiger partial charge is 0.148 e. The summed E-state index contributed by atoms with van der Waals surface area (Å²) in [5.74, 6) is -0.376.